The largest absolute Gasteiger partial charge is 0.369 e. The first-order valence-corrected chi connectivity index (χ1v) is 5.44. The number of hydrogen-bond donors (Lipinski definition) is 2. The van der Waals surface area contributed by atoms with E-state index in [4.69, 9.17) is 11.5 Å². The second-order valence-electron chi connectivity index (χ2n) is 3.74. The Kier molecular flexibility index (Phi) is 4.95. The van der Waals surface area contributed by atoms with Crippen molar-refractivity contribution in [1.82, 2.24) is 4.90 Å². The summed E-state index contributed by atoms with van der Waals surface area (Å²) in [7, 11) is 0. The summed E-state index contributed by atoms with van der Waals surface area (Å²) in [6.45, 7) is 4.32. The van der Waals surface area contributed by atoms with Crippen LogP contribution >= 0.6 is 0 Å². The predicted octanol–water partition coefficient (Wildman–Crippen LogP) is 0.453. The van der Waals surface area contributed by atoms with Crippen molar-refractivity contribution < 1.29 is 4.79 Å². The van der Waals surface area contributed by atoms with Gasteiger partial charge in [0.25, 0.3) is 0 Å². The minimum Gasteiger partial charge on any atom is -0.369 e. The van der Waals surface area contributed by atoms with Crippen LogP contribution in [0.25, 0.3) is 0 Å². The van der Waals surface area contributed by atoms with Crippen molar-refractivity contribution in [2.24, 2.45) is 11.5 Å². The number of nitrogens with two attached hydrogens (primary N) is 2. The average Bonchev–Trinajstić information content (AvgIpc) is 2.28. The van der Waals surface area contributed by atoms with Gasteiger partial charge in [-0.1, -0.05) is 31.2 Å². The van der Waals surface area contributed by atoms with E-state index in [9.17, 15) is 4.79 Å². The highest BCUT2D eigenvalue weighted by Crippen LogP contribution is 2.10. The van der Waals surface area contributed by atoms with Crippen LogP contribution in [0.2, 0.25) is 0 Å². The summed E-state index contributed by atoms with van der Waals surface area (Å²) in [5, 5.41) is 0. The standard InChI is InChI=1S/C12H19N3O/c1-2-15(9-12(14)16)8-11-6-4-3-5-10(11)7-13/h3-6H,2,7-9,13H2,1H3,(H2,14,16). The Hall–Kier alpha value is -1.39. The zero-order valence-corrected chi connectivity index (χ0v) is 9.65. The lowest BCUT2D eigenvalue weighted by molar-refractivity contribution is -0.119. The van der Waals surface area contributed by atoms with E-state index in [-0.39, 0.29) is 12.5 Å². The Morgan fingerprint density at radius 1 is 1.31 bits per heavy atom. The Bertz CT molecular complexity index is 352. The SMILES string of the molecule is CCN(CC(N)=O)Cc1ccccc1CN. The van der Waals surface area contributed by atoms with Crippen molar-refractivity contribution in [3.8, 4) is 0 Å². The average molecular weight is 221 g/mol. The number of likely N-dealkylation sites (N-methyl/N-ethyl adjacent to an activating group) is 1. The fraction of sp³-hybridized carbons (Fsp3) is 0.417. The minimum absolute atomic E-state index is 0.287. The quantitative estimate of drug-likeness (QED) is 0.732. The van der Waals surface area contributed by atoms with E-state index in [1.54, 1.807) is 0 Å². The molecule has 1 amide bonds. The smallest absolute Gasteiger partial charge is 0.231 e. The number of carbonyl (C=O) groups is 1. The third kappa shape index (κ3) is 3.64. The van der Waals surface area contributed by atoms with Gasteiger partial charge in [0.1, 0.15) is 0 Å². The van der Waals surface area contributed by atoms with Gasteiger partial charge in [-0.05, 0) is 17.7 Å². The molecule has 0 saturated carbocycles. The summed E-state index contributed by atoms with van der Waals surface area (Å²) in [4.78, 5) is 12.9. The minimum atomic E-state index is -0.299. The maximum absolute atomic E-state index is 10.9. The van der Waals surface area contributed by atoms with Crippen LogP contribution in [0.4, 0.5) is 0 Å². The maximum atomic E-state index is 10.9. The van der Waals surface area contributed by atoms with E-state index < -0.39 is 0 Å². The van der Waals surface area contributed by atoms with Gasteiger partial charge in [0, 0.05) is 13.1 Å². The highest BCUT2D eigenvalue weighted by Gasteiger charge is 2.08. The second kappa shape index (κ2) is 6.25. The molecule has 1 aromatic rings. The van der Waals surface area contributed by atoms with Crippen molar-refractivity contribution in [2.75, 3.05) is 13.1 Å². The molecule has 4 N–H and O–H groups in total. The Labute approximate surface area is 96.2 Å². The predicted molar refractivity (Wildman–Crippen MR) is 64.5 cm³/mol. The molecule has 1 rings (SSSR count). The summed E-state index contributed by atoms with van der Waals surface area (Å²) in [5.41, 5.74) is 13.1. The molecule has 0 saturated heterocycles. The summed E-state index contributed by atoms with van der Waals surface area (Å²) in [6.07, 6.45) is 0. The van der Waals surface area contributed by atoms with Gasteiger partial charge in [-0.25, -0.2) is 0 Å². The van der Waals surface area contributed by atoms with Gasteiger partial charge >= 0.3 is 0 Å². The Morgan fingerprint density at radius 3 is 2.44 bits per heavy atom. The first kappa shape index (κ1) is 12.7. The van der Waals surface area contributed by atoms with Crippen molar-refractivity contribution >= 4 is 5.91 Å². The van der Waals surface area contributed by atoms with E-state index in [0.717, 1.165) is 17.7 Å². The van der Waals surface area contributed by atoms with E-state index >= 15 is 0 Å². The summed E-state index contributed by atoms with van der Waals surface area (Å²) >= 11 is 0. The number of primary amides is 1. The van der Waals surface area contributed by atoms with Gasteiger partial charge in [0.2, 0.25) is 5.91 Å². The molecule has 0 unspecified atom stereocenters. The highest BCUT2D eigenvalue weighted by molar-refractivity contribution is 5.75. The number of amides is 1. The topological polar surface area (TPSA) is 72.3 Å². The number of nitrogens with zero attached hydrogens (tertiary/aromatic N) is 1. The van der Waals surface area contributed by atoms with Crippen LogP contribution in [0.1, 0.15) is 18.1 Å². The third-order valence-corrected chi connectivity index (χ3v) is 2.56. The van der Waals surface area contributed by atoms with Crippen LogP contribution in [0.3, 0.4) is 0 Å². The van der Waals surface area contributed by atoms with E-state index in [0.29, 0.717) is 13.1 Å². The molecule has 88 valence electrons. The fourth-order valence-electron chi connectivity index (χ4n) is 1.65. The lowest BCUT2D eigenvalue weighted by Crippen LogP contribution is -2.33. The Morgan fingerprint density at radius 2 is 1.94 bits per heavy atom. The molecule has 0 heterocycles. The van der Waals surface area contributed by atoms with E-state index in [1.165, 1.54) is 0 Å². The normalized spacial score (nSPS) is 10.7. The van der Waals surface area contributed by atoms with Gasteiger partial charge in [-0.3, -0.25) is 9.69 Å². The first-order valence-electron chi connectivity index (χ1n) is 5.44. The first-order chi connectivity index (χ1) is 7.67. The van der Waals surface area contributed by atoms with Crippen molar-refractivity contribution in [1.29, 1.82) is 0 Å². The fourth-order valence-corrected chi connectivity index (χ4v) is 1.65. The molecule has 0 fully saturated rings. The summed E-state index contributed by atoms with van der Waals surface area (Å²) in [5.74, 6) is -0.299. The van der Waals surface area contributed by atoms with Gasteiger partial charge in [0.15, 0.2) is 0 Å². The highest BCUT2D eigenvalue weighted by atomic mass is 16.1. The van der Waals surface area contributed by atoms with Gasteiger partial charge in [-0.15, -0.1) is 0 Å². The molecule has 16 heavy (non-hydrogen) atoms. The zero-order valence-electron chi connectivity index (χ0n) is 9.65. The van der Waals surface area contributed by atoms with Crippen molar-refractivity contribution in [2.45, 2.75) is 20.0 Å². The van der Waals surface area contributed by atoms with Gasteiger partial charge in [0.05, 0.1) is 6.54 Å². The molecule has 0 aliphatic heterocycles. The molecule has 0 aliphatic carbocycles. The van der Waals surface area contributed by atoms with Crippen molar-refractivity contribution in [3.63, 3.8) is 0 Å². The number of hydrogen-bond acceptors (Lipinski definition) is 3. The lowest BCUT2D eigenvalue weighted by atomic mass is 10.1. The van der Waals surface area contributed by atoms with E-state index in [1.807, 2.05) is 36.1 Å². The number of carbonyl (C=O) groups excluding carboxylic acids is 1. The molecule has 0 aliphatic rings. The van der Waals surface area contributed by atoms with Crippen LogP contribution < -0.4 is 11.5 Å². The van der Waals surface area contributed by atoms with Crippen LogP contribution in [-0.2, 0) is 17.9 Å². The van der Waals surface area contributed by atoms with Crippen molar-refractivity contribution in [3.05, 3.63) is 35.4 Å². The van der Waals surface area contributed by atoms with Crippen LogP contribution in [0.5, 0.6) is 0 Å². The molecule has 0 radical (unpaired) electrons. The second-order valence-corrected chi connectivity index (χ2v) is 3.74. The molecule has 0 atom stereocenters. The van der Waals surface area contributed by atoms with E-state index in [2.05, 4.69) is 0 Å². The molecular formula is C12H19N3O. The van der Waals surface area contributed by atoms with Gasteiger partial charge < -0.3 is 11.5 Å². The van der Waals surface area contributed by atoms with Gasteiger partial charge in [-0.2, -0.15) is 0 Å². The lowest BCUT2D eigenvalue weighted by Gasteiger charge is -2.20. The monoisotopic (exact) mass is 221 g/mol. The third-order valence-electron chi connectivity index (χ3n) is 2.56. The molecule has 4 heteroatoms. The zero-order chi connectivity index (χ0) is 12.0. The molecule has 0 spiro atoms. The number of rotatable bonds is 6. The molecule has 0 bridgehead atoms. The van der Waals surface area contributed by atoms with Crippen LogP contribution in [-0.4, -0.2) is 23.9 Å². The molecule has 4 nitrogen and oxygen atoms in total. The molecular weight excluding hydrogens is 202 g/mol. The van der Waals surface area contributed by atoms with Crippen LogP contribution in [0.15, 0.2) is 24.3 Å². The summed E-state index contributed by atoms with van der Waals surface area (Å²) < 4.78 is 0. The molecule has 1 aromatic carbocycles. The number of benzene rings is 1. The van der Waals surface area contributed by atoms with Crippen LogP contribution in [0, 0.1) is 0 Å². The Balaban J connectivity index is 2.73. The maximum Gasteiger partial charge on any atom is 0.231 e. The summed E-state index contributed by atoms with van der Waals surface area (Å²) in [6, 6.07) is 7.99. The molecule has 0 aromatic heterocycles.